The Balaban J connectivity index is 1.91. The average Bonchev–Trinajstić information content (AvgIpc) is 2.66. The van der Waals surface area contributed by atoms with Crippen LogP contribution in [0.15, 0.2) is 42.5 Å². The lowest BCUT2D eigenvalue weighted by Crippen LogP contribution is -2.27. The van der Waals surface area contributed by atoms with Gasteiger partial charge >= 0.3 is 5.97 Å². The first-order chi connectivity index (χ1) is 13.6. The number of nitrogens with one attached hydrogen (secondary N) is 1. The lowest BCUT2D eigenvalue weighted by Gasteiger charge is -2.17. The van der Waals surface area contributed by atoms with Crippen molar-refractivity contribution in [2.75, 3.05) is 19.0 Å². The van der Waals surface area contributed by atoms with Gasteiger partial charge in [-0.1, -0.05) is 32.4 Å². The first-order valence-corrected chi connectivity index (χ1v) is 9.40. The number of amides is 1. The van der Waals surface area contributed by atoms with Crippen molar-refractivity contribution >= 4 is 34.9 Å². The monoisotopic (exact) mass is 417 g/mol. The fourth-order valence-corrected chi connectivity index (χ4v) is 2.57. The van der Waals surface area contributed by atoms with Crippen LogP contribution in [0.3, 0.4) is 0 Å². The molecule has 0 bridgehead atoms. The van der Waals surface area contributed by atoms with Gasteiger partial charge in [0.2, 0.25) is 5.91 Å². The molecule has 2 aromatic rings. The van der Waals surface area contributed by atoms with Crippen LogP contribution in [0.25, 0.3) is 0 Å². The lowest BCUT2D eigenvalue weighted by molar-refractivity contribution is -0.141. The van der Waals surface area contributed by atoms with Crippen molar-refractivity contribution in [1.82, 2.24) is 0 Å². The van der Waals surface area contributed by atoms with Crippen molar-refractivity contribution in [3.8, 4) is 5.75 Å². The minimum atomic E-state index is -0.562. The number of esters is 1. The lowest BCUT2D eigenvalue weighted by atomic mass is 9.95. The summed E-state index contributed by atoms with van der Waals surface area (Å²) in [4.78, 5) is 36.3. The SMILES string of the molecule is COc1ccc(Cl)cc1CC(=O)OCC(=O)c1ccc(NC(=O)C(C)(C)C)cc1. The van der Waals surface area contributed by atoms with Gasteiger partial charge in [-0.2, -0.15) is 0 Å². The molecule has 0 saturated heterocycles. The van der Waals surface area contributed by atoms with Gasteiger partial charge in [-0.25, -0.2) is 0 Å². The van der Waals surface area contributed by atoms with E-state index in [-0.39, 0.29) is 24.7 Å². The molecule has 0 heterocycles. The van der Waals surface area contributed by atoms with E-state index in [4.69, 9.17) is 21.1 Å². The zero-order chi connectivity index (χ0) is 21.6. The van der Waals surface area contributed by atoms with Crippen molar-refractivity contribution in [3.05, 3.63) is 58.6 Å². The summed E-state index contributed by atoms with van der Waals surface area (Å²) in [5.41, 5.74) is 1.03. The molecule has 2 aromatic carbocycles. The maximum Gasteiger partial charge on any atom is 0.310 e. The number of carbonyl (C=O) groups excluding carboxylic acids is 3. The number of ether oxygens (including phenoxy) is 2. The molecule has 154 valence electrons. The predicted molar refractivity (Wildman–Crippen MR) is 112 cm³/mol. The fraction of sp³-hybridized carbons (Fsp3) is 0.318. The van der Waals surface area contributed by atoms with Gasteiger partial charge in [0.05, 0.1) is 13.5 Å². The second-order valence-electron chi connectivity index (χ2n) is 7.50. The minimum absolute atomic E-state index is 0.0607. The van der Waals surface area contributed by atoms with Gasteiger partial charge in [0, 0.05) is 27.3 Å². The molecule has 0 saturated carbocycles. The Labute approximate surface area is 175 Å². The topological polar surface area (TPSA) is 81.7 Å². The van der Waals surface area contributed by atoms with Crippen molar-refractivity contribution in [1.29, 1.82) is 0 Å². The van der Waals surface area contributed by atoms with Crippen molar-refractivity contribution in [3.63, 3.8) is 0 Å². The van der Waals surface area contributed by atoms with Gasteiger partial charge in [-0.15, -0.1) is 0 Å². The maximum atomic E-state index is 12.3. The summed E-state index contributed by atoms with van der Waals surface area (Å²) in [5.74, 6) is -0.509. The van der Waals surface area contributed by atoms with Crippen LogP contribution >= 0.6 is 11.6 Å². The van der Waals surface area contributed by atoms with Gasteiger partial charge < -0.3 is 14.8 Å². The summed E-state index contributed by atoms with van der Waals surface area (Å²) in [6, 6.07) is 11.4. The number of ketones is 1. The van der Waals surface area contributed by atoms with E-state index < -0.39 is 11.4 Å². The number of carbonyl (C=O) groups is 3. The number of rotatable bonds is 7. The number of methoxy groups -OCH3 is 1. The van der Waals surface area contributed by atoms with Crippen LogP contribution in [-0.4, -0.2) is 31.4 Å². The van der Waals surface area contributed by atoms with E-state index >= 15 is 0 Å². The Morgan fingerprint density at radius 3 is 2.28 bits per heavy atom. The van der Waals surface area contributed by atoms with Crippen LogP contribution < -0.4 is 10.1 Å². The summed E-state index contributed by atoms with van der Waals surface area (Å²) in [6.07, 6.45) is -0.0607. The first-order valence-electron chi connectivity index (χ1n) is 9.03. The molecule has 0 spiro atoms. The molecule has 0 atom stereocenters. The fourth-order valence-electron chi connectivity index (χ4n) is 2.38. The standard InChI is InChI=1S/C22H24ClNO5/c1-22(2,3)21(27)24-17-8-5-14(6-9-17)18(25)13-29-20(26)12-15-11-16(23)7-10-19(15)28-4/h5-11H,12-13H2,1-4H3,(H,24,27). The van der Waals surface area contributed by atoms with Gasteiger partial charge in [0.25, 0.3) is 0 Å². The predicted octanol–water partition coefficient (Wildman–Crippen LogP) is 4.30. The smallest absolute Gasteiger partial charge is 0.310 e. The molecule has 1 N–H and O–H groups in total. The number of halogens is 1. The van der Waals surface area contributed by atoms with Crippen LogP contribution in [0, 0.1) is 5.41 Å². The highest BCUT2D eigenvalue weighted by molar-refractivity contribution is 6.30. The highest BCUT2D eigenvalue weighted by Gasteiger charge is 2.21. The first kappa shape index (κ1) is 22.4. The Morgan fingerprint density at radius 2 is 1.69 bits per heavy atom. The van der Waals surface area contributed by atoms with Crippen LogP contribution in [-0.2, 0) is 20.7 Å². The van der Waals surface area contributed by atoms with Gasteiger partial charge in [0.1, 0.15) is 5.75 Å². The second-order valence-corrected chi connectivity index (χ2v) is 7.93. The number of hydrogen-bond acceptors (Lipinski definition) is 5. The molecule has 0 aliphatic heterocycles. The number of hydrogen-bond donors (Lipinski definition) is 1. The van der Waals surface area contributed by atoms with Gasteiger partial charge in [0.15, 0.2) is 12.4 Å². The molecular formula is C22H24ClNO5. The highest BCUT2D eigenvalue weighted by Crippen LogP contribution is 2.23. The molecule has 0 fully saturated rings. The highest BCUT2D eigenvalue weighted by atomic mass is 35.5. The van der Waals surface area contributed by atoms with E-state index in [0.29, 0.717) is 27.6 Å². The van der Waals surface area contributed by atoms with Gasteiger partial charge in [-0.05, 0) is 42.5 Å². The van der Waals surface area contributed by atoms with Crippen molar-refractivity contribution < 1.29 is 23.9 Å². The molecule has 0 aliphatic carbocycles. The number of anilines is 1. The summed E-state index contributed by atoms with van der Waals surface area (Å²) >= 11 is 5.95. The van der Waals surface area contributed by atoms with E-state index in [2.05, 4.69) is 5.32 Å². The average molecular weight is 418 g/mol. The molecule has 1 amide bonds. The molecule has 29 heavy (non-hydrogen) atoms. The van der Waals surface area contributed by atoms with E-state index in [1.165, 1.54) is 7.11 Å². The zero-order valence-electron chi connectivity index (χ0n) is 16.9. The largest absolute Gasteiger partial charge is 0.496 e. The van der Waals surface area contributed by atoms with E-state index in [1.807, 2.05) is 20.8 Å². The van der Waals surface area contributed by atoms with Crippen molar-refractivity contribution in [2.24, 2.45) is 5.41 Å². The van der Waals surface area contributed by atoms with E-state index in [0.717, 1.165) is 0 Å². The third-order valence-electron chi connectivity index (χ3n) is 4.09. The Hall–Kier alpha value is -2.86. The summed E-state index contributed by atoms with van der Waals surface area (Å²) < 4.78 is 10.3. The molecule has 6 nitrogen and oxygen atoms in total. The van der Waals surface area contributed by atoms with Gasteiger partial charge in [-0.3, -0.25) is 14.4 Å². The second kappa shape index (κ2) is 9.56. The van der Waals surface area contributed by atoms with Crippen LogP contribution in [0.1, 0.15) is 36.7 Å². The van der Waals surface area contributed by atoms with Crippen LogP contribution in [0.5, 0.6) is 5.75 Å². The molecule has 0 radical (unpaired) electrons. The summed E-state index contributed by atoms with van der Waals surface area (Å²) in [6.45, 7) is 5.06. The molecule has 7 heteroatoms. The van der Waals surface area contributed by atoms with Crippen LogP contribution in [0.4, 0.5) is 5.69 Å². The van der Waals surface area contributed by atoms with E-state index in [1.54, 1.807) is 42.5 Å². The molecule has 0 aliphatic rings. The number of Topliss-reactive ketones (excluding diaryl/α,β-unsaturated/α-hetero) is 1. The Bertz CT molecular complexity index is 900. The third-order valence-corrected chi connectivity index (χ3v) is 4.32. The normalized spacial score (nSPS) is 10.9. The molecule has 0 unspecified atom stereocenters. The molecule has 2 rings (SSSR count). The van der Waals surface area contributed by atoms with Crippen LogP contribution in [0.2, 0.25) is 5.02 Å². The minimum Gasteiger partial charge on any atom is -0.496 e. The number of benzene rings is 2. The Morgan fingerprint density at radius 1 is 1.03 bits per heavy atom. The summed E-state index contributed by atoms with van der Waals surface area (Å²) in [5, 5.41) is 3.26. The quantitative estimate of drug-likeness (QED) is 0.536. The summed E-state index contributed by atoms with van der Waals surface area (Å²) in [7, 11) is 1.50. The maximum absolute atomic E-state index is 12.3. The third kappa shape index (κ3) is 6.61. The van der Waals surface area contributed by atoms with Crippen molar-refractivity contribution in [2.45, 2.75) is 27.2 Å². The van der Waals surface area contributed by atoms with E-state index in [9.17, 15) is 14.4 Å². The molecule has 0 aromatic heterocycles. The Kier molecular flexibility index (Phi) is 7.40. The zero-order valence-corrected chi connectivity index (χ0v) is 17.6. The molecular weight excluding hydrogens is 394 g/mol.